The maximum absolute atomic E-state index is 11.1. The number of carboxylic acid groups (broad SMARTS) is 1. The molecule has 0 spiro atoms. The van der Waals surface area contributed by atoms with Gasteiger partial charge in [-0.25, -0.2) is 0 Å². The number of nitrogens with zero attached hydrogens (tertiary/aromatic N) is 2. The van der Waals surface area contributed by atoms with Crippen molar-refractivity contribution in [3.05, 3.63) is 0 Å². The van der Waals surface area contributed by atoms with Crippen LogP contribution in [-0.4, -0.2) is 53.4 Å². The van der Waals surface area contributed by atoms with Crippen LogP contribution in [0.1, 0.15) is 26.2 Å². The molecule has 0 saturated carbocycles. The van der Waals surface area contributed by atoms with Crippen molar-refractivity contribution in [1.82, 2.24) is 9.80 Å². The first-order chi connectivity index (χ1) is 7.59. The fourth-order valence-electron chi connectivity index (χ4n) is 2.61. The summed E-state index contributed by atoms with van der Waals surface area (Å²) in [4.78, 5) is 25.8. The molecule has 0 radical (unpaired) electrons. The standard InChI is InChI=1S/C11H18N2O3.Li/c1-8(14)12-5-2-9(3-6-12)13-7-4-10(13)11(15)16;/h9-10H,2-7H2,1H3,(H,15,16);/q;+1/p-1. The summed E-state index contributed by atoms with van der Waals surface area (Å²) in [6.07, 6.45) is 2.46. The molecule has 2 aliphatic rings. The number of amides is 1. The number of aliphatic carboxylic acids is 1. The van der Waals surface area contributed by atoms with Gasteiger partial charge in [0.15, 0.2) is 0 Å². The van der Waals surface area contributed by atoms with Crippen molar-refractivity contribution in [2.75, 3.05) is 19.6 Å². The summed E-state index contributed by atoms with van der Waals surface area (Å²) in [7, 11) is 0. The topological polar surface area (TPSA) is 63.7 Å². The molecule has 2 saturated heterocycles. The van der Waals surface area contributed by atoms with Crippen LogP contribution in [0.3, 0.4) is 0 Å². The molecule has 90 valence electrons. The summed E-state index contributed by atoms with van der Waals surface area (Å²) in [5.74, 6) is -0.848. The molecule has 6 heteroatoms. The van der Waals surface area contributed by atoms with Crippen LogP contribution in [0, 0.1) is 0 Å². The van der Waals surface area contributed by atoms with Crippen LogP contribution in [0.4, 0.5) is 0 Å². The van der Waals surface area contributed by atoms with Crippen LogP contribution in [0.25, 0.3) is 0 Å². The number of hydrogen-bond acceptors (Lipinski definition) is 4. The van der Waals surface area contributed by atoms with Gasteiger partial charge in [0, 0.05) is 32.6 Å². The van der Waals surface area contributed by atoms with Gasteiger partial charge in [0.2, 0.25) is 5.91 Å². The minimum absolute atomic E-state index is 0. The number of carbonyl (C=O) groups is 2. The summed E-state index contributed by atoms with van der Waals surface area (Å²) in [5, 5.41) is 10.8. The summed E-state index contributed by atoms with van der Waals surface area (Å²) < 4.78 is 0. The van der Waals surface area contributed by atoms with Crippen molar-refractivity contribution < 1.29 is 33.6 Å². The van der Waals surface area contributed by atoms with Crippen molar-refractivity contribution in [3.63, 3.8) is 0 Å². The van der Waals surface area contributed by atoms with Gasteiger partial charge in [-0.15, -0.1) is 0 Å². The maximum Gasteiger partial charge on any atom is 1.00 e. The van der Waals surface area contributed by atoms with Crippen molar-refractivity contribution >= 4 is 11.9 Å². The summed E-state index contributed by atoms with van der Waals surface area (Å²) >= 11 is 0. The molecular formula is C11H17LiN2O3. The van der Waals surface area contributed by atoms with Crippen LogP contribution < -0.4 is 24.0 Å². The molecule has 2 rings (SSSR count). The average molecular weight is 232 g/mol. The SMILES string of the molecule is CC(=O)N1CCC(N2CCC2C(=O)[O-])CC1.[Li+]. The van der Waals surface area contributed by atoms with Gasteiger partial charge in [0.05, 0.1) is 12.0 Å². The van der Waals surface area contributed by atoms with E-state index < -0.39 is 12.0 Å². The van der Waals surface area contributed by atoms with Crippen molar-refractivity contribution in [2.45, 2.75) is 38.3 Å². The summed E-state index contributed by atoms with van der Waals surface area (Å²) in [5.41, 5.74) is 0. The van der Waals surface area contributed by atoms with E-state index in [4.69, 9.17) is 0 Å². The molecule has 2 fully saturated rings. The van der Waals surface area contributed by atoms with Crippen LogP contribution in [-0.2, 0) is 9.59 Å². The van der Waals surface area contributed by atoms with Gasteiger partial charge in [0.1, 0.15) is 0 Å². The van der Waals surface area contributed by atoms with Gasteiger partial charge < -0.3 is 14.8 Å². The smallest absolute Gasteiger partial charge is 0.548 e. The quantitative estimate of drug-likeness (QED) is 0.453. The second-order valence-electron chi connectivity index (χ2n) is 4.60. The third-order valence-electron chi connectivity index (χ3n) is 3.71. The predicted molar refractivity (Wildman–Crippen MR) is 55.4 cm³/mol. The van der Waals surface area contributed by atoms with E-state index in [0.29, 0.717) is 12.5 Å². The average Bonchev–Trinajstić information content (AvgIpc) is 2.15. The Morgan fingerprint density at radius 2 is 1.71 bits per heavy atom. The van der Waals surface area contributed by atoms with E-state index in [1.165, 1.54) is 0 Å². The third kappa shape index (κ3) is 3.04. The Labute approximate surface area is 113 Å². The normalized spacial score (nSPS) is 25.9. The third-order valence-corrected chi connectivity index (χ3v) is 3.71. The van der Waals surface area contributed by atoms with Crippen LogP contribution in [0.15, 0.2) is 0 Å². The fourth-order valence-corrected chi connectivity index (χ4v) is 2.61. The fraction of sp³-hybridized carbons (Fsp3) is 0.818. The van der Waals surface area contributed by atoms with E-state index in [1.54, 1.807) is 6.92 Å². The molecule has 1 amide bonds. The second-order valence-corrected chi connectivity index (χ2v) is 4.60. The van der Waals surface area contributed by atoms with Crippen LogP contribution in [0.5, 0.6) is 0 Å². The largest absolute Gasteiger partial charge is 1.00 e. The van der Waals surface area contributed by atoms with Gasteiger partial charge >= 0.3 is 18.9 Å². The molecule has 0 aliphatic carbocycles. The van der Waals surface area contributed by atoms with Crippen LogP contribution >= 0.6 is 0 Å². The Morgan fingerprint density at radius 3 is 2.06 bits per heavy atom. The van der Waals surface area contributed by atoms with E-state index in [9.17, 15) is 14.7 Å². The molecule has 1 atom stereocenters. The molecule has 0 bridgehead atoms. The molecule has 1 unspecified atom stereocenters. The van der Waals surface area contributed by atoms with Gasteiger partial charge in [-0.2, -0.15) is 0 Å². The number of piperidine rings is 1. The first-order valence-electron chi connectivity index (χ1n) is 5.81. The van der Waals surface area contributed by atoms with Gasteiger partial charge in [0.25, 0.3) is 0 Å². The van der Waals surface area contributed by atoms with E-state index in [2.05, 4.69) is 0 Å². The molecule has 0 aromatic heterocycles. The van der Waals surface area contributed by atoms with E-state index in [0.717, 1.165) is 32.5 Å². The number of likely N-dealkylation sites (tertiary alicyclic amines) is 2. The molecule has 17 heavy (non-hydrogen) atoms. The van der Waals surface area contributed by atoms with Gasteiger partial charge in [-0.3, -0.25) is 9.69 Å². The first kappa shape index (κ1) is 14.6. The Bertz CT molecular complexity index is 303. The number of carbonyl (C=O) groups excluding carboxylic acids is 2. The molecule has 0 N–H and O–H groups in total. The Balaban J connectivity index is 0.00000144. The Kier molecular flexibility index (Phi) is 5.05. The Hall–Kier alpha value is -0.503. The van der Waals surface area contributed by atoms with Crippen LogP contribution in [0.2, 0.25) is 0 Å². The summed E-state index contributed by atoms with van der Waals surface area (Å²) in [6, 6.07) is -0.0823. The minimum atomic E-state index is -0.958. The molecule has 5 nitrogen and oxygen atoms in total. The maximum atomic E-state index is 11.1. The minimum Gasteiger partial charge on any atom is -0.548 e. The summed E-state index contributed by atoms with van der Waals surface area (Å²) in [6.45, 7) is 3.92. The van der Waals surface area contributed by atoms with Crippen molar-refractivity contribution in [2.24, 2.45) is 0 Å². The number of hydrogen-bond donors (Lipinski definition) is 0. The van der Waals surface area contributed by atoms with Crippen molar-refractivity contribution in [3.8, 4) is 0 Å². The monoisotopic (exact) mass is 232 g/mol. The zero-order valence-electron chi connectivity index (χ0n) is 10.5. The molecule has 2 heterocycles. The number of carboxylic acids is 1. The molecule has 0 aromatic carbocycles. The predicted octanol–water partition coefficient (Wildman–Crippen LogP) is -4.17. The molecule has 2 aliphatic heterocycles. The van der Waals surface area contributed by atoms with Crippen molar-refractivity contribution in [1.29, 1.82) is 0 Å². The van der Waals surface area contributed by atoms with E-state index in [1.807, 2.05) is 9.80 Å². The first-order valence-corrected chi connectivity index (χ1v) is 5.81. The number of rotatable bonds is 2. The van der Waals surface area contributed by atoms with E-state index in [-0.39, 0.29) is 24.8 Å². The molecular weight excluding hydrogens is 215 g/mol. The van der Waals surface area contributed by atoms with E-state index >= 15 is 0 Å². The zero-order chi connectivity index (χ0) is 11.7. The molecule has 0 aromatic rings. The second kappa shape index (κ2) is 5.90. The van der Waals surface area contributed by atoms with Gasteiger partial charge in [-0.05, 0) is 19.3 Å². The Morgan fingerprint density at radius 1 is 1.12 bits per heavy atom. The van der Waals surface area contributed by atoms with Gasteiger partial charge in [-0.1, -0.05) is 0 Å². The zero-order valence-corrected chi connectivity index (χ0v) is 10.5.